The Kier molecular flexibility index (Phi) is 5.31. The summed E-state index contributed by atoms with van der Waals surface area (Å²) in [5.41, 5.74) is 2.54. The van der Waals surface area contributed by atoms with Gasteiger partial charge in [-0.15, -0.1) is 0 Å². The number of nitrogens with two attached hydrogens (primary N) is 1. The summed E-state index contributed by atoms with van der Waals surface area (Å²) in [6, 6.07) is 3.34. The van der Waals surface area contributed by atoms with Crippen LogP contribution >= 0.6 is 0 Å². The van der Waals surface area contributed by atoms with Crippen LogP contribution in [0.3, 0.4) is 0 Å². The molecule has 1 aromatic carbocycles. The van der Waals surface area contributed by atoms with Crippen LogP contribution in [0, 0.1) is 5.41 Å². The summed E-state index contributed by atoms with van der Waals surface area (Å²) in [6.07, 6.45) is 5.83. The molecule has 0 atom stereocenters. The third kappa shape index (κ3) is 4.88. The normalized spacial score (nSPS) is 14.8. The number of sulfonamides is 1. The van der Waals surface area contributed by atoms with E-state index in [1.807, 2.05) is 6.07 Å². The summed E-state index contributed by atoms with van der Waals surface area (Å²) in [6.45, 7) is 6.56. The molecule has 2 N–H and O–H groups in total. The number of Topliss-reactive ketones (excluding diaryl/α,β-unsaturated/α-hetero) is 1. The molecule has 1 aromatic rings. The quantitative estimate of drug-likeness (QED) is 0.636. The summed E-state index contributed by atoms with van der Waals surface area (Å²) < 4.78 is 23.6. The fraction of sp³-hybridized carbons (Fsp3) is 0.611. The Morgan fingerprint density at radius 2 is 1.87 bits per heavy atom. The lowest BCUT2D eigenvalue weighted by Gasteiger charge is -2.17. The minimum atomic E-state index is -3.78. The second-order valence-electron chi connectivity index (χ2n) is 7.70. The van der Waals surface area contributed by atoms with Crippen molar-refractivity contribution in [1.82, 2.24) is 0 Å². The number of primary sulfonamides is 1. The molecule has 0 unspecified atom stereocenters. The molecule has 1 aliphatic rings. The Bertz CT molecular complexity index is 700. The van der Waals surface area contributed by atoms with Crippen molar-refractivity contribution in [1.29, 1.82) is 0 Å². The maximum atomic E-state index is 12.4. The molecule has 0 heterocycles. The number of unbranched alkanes of at least 4 members (excludes halogenated alkanes) is 1. The lowest BCUT2D eigenvalue weighted by atomic mass is 9.89. The van der Waals surface area contributed by atoms with Gasteiger partial charge in [0.15, 0.2) is 5.78 Å². The van der Waals surface area contributed by atoms with Gasteiger partial charge in [0.05, 0.1) is 4.90 Å². The number of ketones is 1. The van der Waals surface area contributed by atoms with E-state index >= 15 is 0 Å². The van der Waals surface area contributed by atoms with Crippen LogP contribution in [-0.2, 0) is 22.9 Å². The molecule has 0 aromatic heterocycles. The van der Waals surface area contributed by atoms with Crippen molar-refractivity contribution < 1.29 is 13.2 Å². The van der Waals surface area contributed by atoms with Gasteiger partial charge in [-0.25, -0.2) is 13.6 Å². The van der Waals surface area contributed by atoms with Crippen LogP contribution in [0.25, 0.3) is 0 Å². The lowest BCUT2D eigenvalue weighted by molar-refractivity contribution is 0.0977. The maximum absolute atomic E-state index is 12.4. The molecule has 5 heteroatoms. The summed E-state index contributed by atoms with van der Waals surface area (Å²) in [5.74, 6) is 0.0125. The molecule has 0 bridgehead atoms. The van der Waals surface area contributed by atoms with Gasteiger partial charge in [-0.3, -0.25) is 4.79 Å². The van der Waals surface area contributed by atoms with Gasteiger partial charge in [-0.05, 0) is 60.8 Å². The minimum Gasteiger partial charge on any atom is -0.294 e. The van der Waals surface area contributed by atoms with Crippen molar-refractivity contribution in [2.75, 3.05) is 0 Å². The summed E-state index contributed by atoms with van der Waals surface area (Å²) >= 11 is 0. The molecule has 0 amide bonds. The standard InChI is InChI=1S/C18H27NO3S/c1-18(2,3)10-5-4-9-16(20)14-11-13-7-6-8-15(13)17(12-14)23(19,21)22/h11-12H,4-10H2,1-3H3,(H2,19,21,22). The van der Waals surface area contributed by atoms with E-state index in [2.05, 4.69) is 20.8 Å². The molecule has 0 radical (unpaired) electrons. The van der Waals surface area contributed by atoms with E-state index in [-0.39, 0.29) is 16.1 Å². The predicted molar refractivity (Wildman–Crippen MR) is 92.1 cm³/mol. The van der Waals surface area contributed by atoms with Crippen molar-refractivity contribution in [2.45, 2.75) is 70.6 Å². The van der Waals surface area contributed by atoms with Crippen LogP contribution in [-0.4, -0.2) is 14.2 Å². The van der Waals surface area contributed by atoms with Gasteiger partial charge >= 0.3 is 0 Å². The molecular formula is C18H27NO3S. The van der Waals surface area contributed by atoms with Crippen molar-refractivity contribution in [3.05, 3.63) is 28.8 Å². The topological polar surface area (TPSA) is 77.2 Å². The molecule has 0 saturated heterocycles. The highest BCUT2D eigenvalue weighted by Crippen LogP contribution is 2.30. The Hall–Kier alpha value is -1.20. The molecule has 0 spiro atoms. The van der Waals surface area contributed by atoms with Crippen LogP contribution in [0.2, 0.25) is 0 Å². The Morgan fingerprint density at radius 3 is 2.48 bits per heavy atom. The van der Waals surface area contributed by atoms with Gasteiger partial charge in [0.1, 0.15) is 0 Å². The zero-order chi connectivity index (χ0) is 17.3. The third-order valence-electron chi connectivity index (χ3n) is 4.38. The zero-order valence-corrected chi connectivity index (χ0v) is 15.1. The molecule has 0 fully saturated rings. The van der Waals surface area contributed by atoms with E-state index in [1.165, 1.54) is 6.07 Å². The van der Waals surface area contributed by atoms with Gasteiger partial charge in [-0.1, -0.05) is 27.2 Å². The number of aryl methyl sites for hydroxylation is 1. The number of carbonyl (C=O) groups excluding carboxylic acids is 1. The van der Waals surface area contributed by atoms with Crippen LogP contribution < -0.4 is 5.14 Å². The highest BCUT2D eigenvalue weighted by Gasteiger charge is 2.23. The number of fused-ring (bicyclic) bond motifs is 1. The second-order valence-corrected chi connectivity index (χ2v) is 9.23. The van der Waals surface area contributed by atoms with Crippen molar-refractivity contribution in [2.24, 2.45) is 10.6 Å². The molecule has 0 saturated carbocycles. The Labute approximate surface area is 139 Å². The van der Waals surface area contributed by atoms with E-state index in [9.17, 15) is 13.2 Å². The van der Waals surface area contributed by atoms with Crippen LogP contribution in [0.5, 0.6) is 0 Å². The fourth-order valence-corrected chi connectivity index (χ4v) is 4.03. The molecule has 0 aliphatic heterocycles. The van der Waals surface area contributed by atoms with Crippen LogP contribution in [0.1, 0.15) is 74.4 Å². The molecule has 4 nitrogen and oxygen atoms in total. The van der Waals surface area contributed by atoms with Crippen molar-refractivity contribution >= 4 is 15.8 Å². The van der Waals surface area contributed by atoms with Crippen LogP contribution in [0.15, 0.2) is 17.0 Å². The minimum absolute atomic E-state index is 0.0125. The van der Waals surface area contributed by atoms with Gasteiger partial charge in [0.25, 0.3) is 0 Å². The number of hydrogen-bond donors (Lipinski definition) is 1. The van der Waals surface area contributed by atoms with E-state index in [0.29, 0.717) is 12.0 Å². The van der Waals surface area contributed by atoms with E-state index in [1.54, 1.807) is 0 Å². The summed E-state index contributed by atoms with van der Waals surface area (Å²) in [7, 11) is -3.78. The second kappa shape index (κ2) is 6.73. The van der Waals surface area contributed by atoms with E-state index in [0.717, 1.165) is 49.7 Å². The van der Waals surface area contributed by atoms with E-state index < -0.39 is 10.0 Å². The highest BCUT2D eigenvalue weighted by atomic mass is 32.2. The van der Waals surface area contributed by atoms with Gasteiger partial charge in [0, 0.05) is 12.0 Å². The van der Waals surface area contributed by atoms with Crippen LogP contribution in [0.4, 0.5) is 0 Å². The Balaban J connectivity index is 2.13. The highest BCUT2D eigenvalue weighted by molar-refractivity contribution is 7.89. The van der Waals surface area contributed by atoms with Gasteiger partial charge in [-0.2, -0.15) is 0 Å². The monoisotopic (exact) mass is 337 g/mol. The Morgan fingerprint density at radius 1 is 1.17 bits per heavy atom. The third-order valence-corrected chi connectivity index (χ3v) is 5.36. The van der Waals surface area contributed by atoms with Gasteiger partial charge < -0.3 is 0 Å². The number of rotatable bonds is 6. The largest absolute Gasteiger partial charge is 0.294 e. The number of carbonyl (C=O) groups is 1. The predicted octanol–water partition coefficient (Wildman–Crippen LogP) is 3.61. The van der Waals surface area contributed by atoms with Crippen molar-refractivity contribution in [3.8, 4) is 0 Å². The molecule has 23 heavy (non-hydrogen) atoms. The molecular weight excluding hydrogens is 310 g/mol. The molecule has 128 valence electrons. The number of benzene rings is 1. The first kappa shape index (κ1) is 18.1. The average molecular weight is 337 g/mol. The van der Waals surface area contributed by atoms with Crippen molar-refractivity contribution in [3.63, 3.8) is 0 Å². The number of hydrogen-bond acceptors (Lipinski definition) is 3. The fourth-order valence-electron chi connectivity index (χ4n) is 3.17. The maximum Gasteiger partial charge on any atom is 0.238 e. The first-order valence-corrected chi connectivity index (χ1v) is 9.84. The van der Waals surface area contributed by atoms with Gasteiger partial charge in [0.2, 0.25) is 10.0 Å². The first-order chi connectivity index (χ1) is 10.6. The molecule has 2 rings (SSSR count). The summed E-state index contributed by atoms with van der Waals surface area (Å²) in [4.78, 5) is 12.6. The smallest absolute Gasteiger partial charge is 0.238 e. The summed E-state index contributed by atoms with van der Waals surface area (Å²) in [5, 5.41) is 5.33. The molecule has 1 aliphatic carbocycles. The average Bonchev–Trinajstić information content (AvgIpc) is 2.88. The zero-order valence-electron chi connectivity index (χ0n) is 14.3. The van der Waals surface area contributed by atoms with E-state index in [4.69, 9.17) is 5.14 Å². The lowest BCUT2D eigenvalue weighted by Crippen LogP contribution is -2.16. The first-order valence-electron chi connectivity index (χ1n) is 8.30. The SMILES string of the molecule is CC(C)(C)CCCCC(=O)c1cc2c(c(S(N)(=O)=O)c1)CCC2.